The highest BCUT2D eigenvalue weighted by Gasteiger charge is 2.08. The van der Waals surface area contributed by atoms with Gasteiger partial charge in [-0.25, -0.2) is 4.39 Å². The third-order valence-corrected chi connectivity index (χ3v) is 3.31. The molecular weight excluding hydrogens is 265 g/mol. The van der Waals surface area contributed by atoms with Crippen LogP contribution in [-0.4, -0.2) is 16.3 Å². The van der Waals surface area contributed by atoms with Gasteiger partial charge in [0.15, 0.2) is 0 Å². The average molecular weight is 282 g/mol. The lowest BCUT2D eigenvalue weighted by Crippen LogP contribution is -2.17. The van der Waals surface area contributed by atoms with Crippen LogP contribution in [0.2, 0.25) is 5.02 Å². The molecule has 1 heterocycles. The molecule has 0 fully saturated rings. The molecule has 2 rings (SSSR count). The Kier molecular flexibility index (Phi) is 4.93. The number of benzene rings is 1. The molecule has 19 heavy (non-hydrogen) atoms. The highest BCUT2D eigenvalue weighted by Crippen LogP contribution is 2.20. The summed E-state index contributed by atoms with van der Waals surface area (Å²) in [4.78, 5) is 0. The molecule has 102 valence electrons. The fraction of sp³-hybridized carbons (Fsp3) is 0.357. The van der Waals surface area contributed by atoms with Crippen LogP contribution in [0.1, 0.15) is 24.6 Å². The van der Waals surface area contributed by atoms with Crippen LogP contribution in [0, 0.1) is 5.82 Å². The third-order valence-electron chi connectivity index (χ3n) is 2.89. The van der Waals surface area contributed by atoms with Gasteiger partial charge in [-0.3, -0.25) is 4.68 Å². The van der Waals surface area contributed by atoms with E-state index < -0.39 is 5.82 Å². The molecule has 3 nitrogen and oxygen atoms in total. The Morgan fingerprint density at radius 3 is 3.00 bits per heavy atom. The van der Waals surface area contributed by atoms with Crippen LogP contribution >= 0.6 is 11.6 Å². The minimum absolute atomic E-state index is 0.172. The molecule has 5 heteroatoms. The first-order valence-electron chi connectivity index (χ1n) is 6.36. The molecule has 0 radical (unpaired) electrons. The molecule has 2 aromatic rings. The molecule has 0 aliphatic rings. The van der Waals surface area contributed by atoms with E-state index in [4.69, 9.17) is 11.6 Å². The first-order chi connectivity index (χ1) is 9.22. The van der Waals surface area contributed by atoms with Crippen LogP contribution < -0.4 is 5.32 Å². The predicted octanol–water partition coefficient (Wildman–Crippen LogP) is 3.22. The Morgan fingerprint density at radius 1 is 1.37 bits per heavy atom. The van der Waals surface area contributed by atoms with E-state index in [-0.39, 0.29) is 5.02 Å². The monoisotopic (exact) mass is 281 g/mol. The average Bonchev–Trinajstić information content (AvgIpc) is 2.83. The van der Waals surface area contributed by atoms with Crippen molar-refractivity contribution in [1.82, 2.24) is 15.1 Å². The summed E-state index contributed by atoms with van der Waals surface area (Å²) in [6.45, 7) is 4.32. The predicted molar refractivity (Wildman–Crippen MR) is 74.7 cm³/mol. The highest BCUT2D eigenvalue weighted by atomic mass is 35.5. The Labute approximate surface area is 117 Å². The maximum atomic E-state index is 13.4. The van der Waals surface area contributed by atoms with E-state index in [1.807, 2.05) is 16.8 Å². The van der Waals surface area contributed by atoms with Gasteiger partial charge in [-0.15, -0.1) is 0 Å². The van der Waals surface area contributed by atoms with Gasteiger partial charge in [-0.2, -0.15) is 5.10 Å². The molecule has 1 aromatic heterocycles. The molecule has 0 amide bonds. The van der Waals surface area contributed by atoms with Crippen molar-refractivity contribution in [3.05, 3.63) is 52.6 Å². The van der Waals surface area contributed by atoms with Gasteiger partial charge in [0.05, 0.1) is 17.3 Å². The van der Waals surface area contributed by atoms with E-state index in [9.17, 15) is 4.39 Å². The lowest BCUT2D eigenvalue weighted by Gasteiger charge is -2.10. The number of nitrogens with zero attached hydrogens (tertiary/aromatic N) is 2. The van der Waals surface area contributed by atoms with Gasteiger partial charge in [0.25, 0.3) is 0 Å². The minimum atomic E-state index is -0.392. The quantitative estimate of drug-likeness (QED) is 0.824. The van der Waals surface area contributed by atoms with Crippen molar-refractivity contribution in [2.24, 2.45) is 0 Å². The van der Waals surface area contributed by atoms with Crippen molar-refractivity contribution in [3.8, 4) is 0 Å². The summed E-state index contributed by atoms with van der Waals surface area (Å²) in [5, 5.41) is 7.75. The summed E-state index contributed by atoms with van der Waals surface area (Å²) >= 11 is 5.96. The van der Waals surface area contributed by atoms with Crippen molar-refractivity contribution in [2.75, 3.05) is 6.54 Å². The van der Waals surface area contributed by atoms with Gasteiger partial charge in [0.2, 0.25) is 0 Å². The summed E-state index contributed by atoms with van der Waals surface area (Å²) in [7, 11) is 0. The Morgan fingerprint density at radius 2 is 2.21 bits per heavy atom. The van der Waals surface area contributed by atoms with E-state index in [0.717, 1.165) is 30.8 Å². The lowest BCUT2D eigenvalue weighted by molar-refractivity contribution is 0.587. The number of hydrogen-bond acceptors (Lipinski definition) is 2. The van der Waals surface area contributed by atoms with Crippen molar-refractivity contribution in [2.45, 2.75) is 26.4 Å². The second kappa shape index (κ2) is 6.68. The number of rotatable bonds is 6. The van der Waals surface area contributed by atoms with E-state index in [1.165, 1.54) is 6.07 Å². The van der Waals surface area contributed by atoms with Crippen molar-refractivity contribution >= 4 is 11.6 Å². The number of hydrogen-bond donors (Lipinski definition) is 1. The molecule has 1 N–H and O–H groups in total. The van der Waals surface area contributed by atoms with Gasteiger partial charge in [-0.05, 0) is 30.7 Å². The van der Waals surface area contributed by atoms with Crippen LogP contribution in [-0.2, 0) is 13.1 Å². The van der Waals surface area contributed by atoms with Crippen molar-refractivity contribution < 1.29 is 4.39 Å². The Bertz CT molecular complexity index is 539. The maximum Gasteiger partial charge on any atom is 0.142 e. The molecule has 0 aliphatic carbocycles. The summed E-state index contributed by atoms with van der Waals surface area (Å²) in [5.41, 5.74) is 1.80. The van der Waals surface area contributed by atoms with Crippen LogP contribution in [0.3, 0.4) is 0 Å². The van der Waals surface area contributed by atoms with Gasteiger partial charge in [-0.1, -0.05) is 30.7 Å². The Hall–Kier alpha value is -1.39. The van der Waals surface area contributed by atoms with Crippen LogP contribution in [0.5, 0.6) is 0 Å². The van der Waals surface area contributed by atoms with Gasteiger partial charge >= 0.3 is 0 Å². The SMILES string of the molecule is CCCNCc1ccnn1Cc1cccc(F)c1Cl. The highest BCUT2D eigenvalue weighted by molar-refractivity contribution is 6.31. The number of halogens is 2. The van der Waals surface area contributed by atoms with Crippen molar-refractivity contribution in [1.29, 1.82) is 0 Å². The summed E-state index contributed by atoms with van der Waals surface area (Å²) in [6.07, 6.45) is 2.83. The van der Waals surface area contributed by atoms with Crippen LogP contribution in [0.25, 0.3) is 0 Å². The molecule has 0 atom stereocenters. The van der Waals surface area contributed by atoms with E-state index in [2.05, 4.69) is 17.3 Å². The fourth-order valence-electron chi connectivity index (χ4n) is 1.88. The zero-order chi connectivity index (χ0) is 13.7. The molecular formula is C14H17ClFN3. The van der Waals surface area contributed by atoms with E-state index in [0.29, 0.717) is 6.54 Å². The van der Waals surface area contributed by atoms with Gasteiger partial charge in [0, 0.05) is 12.7 Å². The summed E-state index contributed by atoms with van der Waals surface area (Å²) in [5.74, 6) is -0.392. The second-order valence-corrected chi connectivity index (χ2v) is 4.75. The van der Waals surface area contributed by atoms with Crippen molar-refractivity contribution in [3.63, 3.8) is 0 Å². The van der Waals surface area contributed by atoms with Crippen LogP contribution in [0.15, 0.2) is 30.5 Å². The van der Waals surface area contributed by atoms with Crippen LogP contribution in [0.4, 0.5) is 4.39 Å². The maximum absolute atomic E-state index is 13.4. The molecule has 0 unspecified atom stereocenters. The van der Waals surface area contributed by atoms with Gasteiger partial charge < -0.3 is 5.32 Å². The fourth-order valence-corrected chi connectivity index (χ4v) is 2.06. The molecule has 0 saturated carbocycles. The second-order valence-electron chi connectivity index (χ2n) is 4.37. The molecule has 1 aromatic carbocycles. The number of nitrogens with one attached hydrogen (secondary N) is 1. The standard InChI is InChI=1S/C14H17ClFN3/c1-2-7-17-9-12-6-8-18-19(12)10-11-4-3-5-13(16)14(11)15/h3-6,8,17H,2,7,9-10H2,1H3. The molecule has 0 spiro atoms. The lowest BCUT2D eigenvalue weighted by atomic mass is 10.2. The van der Waals surface area contributed by atoms with E-state index in [1.54, 1.807) is 12.3 Å². The summed E-state index contributed by atoms with van der Waals surface area (Å²) in [6, 6.07) is 6.79. The summed E-state index contributed by atoms with van der Waals surface area (Å²) < 4.78 is 15.2. The molecule has 0 aliphatic heterocycles. The first kappa shape index (κ1) is 14.0. The van der Waals surface area contributed by atoms with Gasteiger partial charge in [0.1, 0.15) is 5.82 Å². The largest absolute Gasteiger partial charge is 0.311 e. The zero-order valence-corrected chi connectivity index (χ0v) is 11.6. The Balaban J connectivity index is 2.11. The molecule has 0 saturated heterocycles. The normalized spacial score (nSPS) is 10.9. The topological polar surface area (TPSA) is 29.9 Å². The smallest absolute Gasteiger partial charge is 0.142 e. The van der Waals surface area contributed by atoms with E-state index >= 15 is 0 Å². The minimum Gasteiger partial charge on any atom is -0.311 e. The first-order valence-corrected chi connectivity index (χ1v) is 6.74. The number of aromatic nitrogens is 2. The zero-order valence-electron chi connectivity index (χ0n) is 10.9. The third kappa shape index (κ3) is 3.55. The molecule has 0 bridgehead atoms.